The molecule has 0 saturated carbocycles. The summed E-state index contributed by atoms with van der Waals surface area (Å²) in [4.78, 5) is 14.1. The van der Waals surface area contributed by atoms with E-state index < -0.39 is 10.0 Å². The van der Waals surface area contributed by atoms with Crippen molar-refractivity contribution in [1.29, 1.82) is 0 Å². The molecule has 5 aromatic rings. The number of hydrazone groups is 1. The molecular formula is C31H25ClN8O4S. The zero-order valence-electron chi connectivity index (χ0n) is 23.5. The van der Waals surface area contributed by atoms with Crippen molar-refractivity contribution in [2.45, 2.75) is 17.4 Å². The number of ether oxygens (including phenoxy) is 2. The molecule has 1 atom stereocenters. The number of nitrogens with zero attached hydrogens (tertiary/aromatic N) is 5. The minimum Gasteiger partial charge on any atom is -0.454 e. The first kappa shape index (κ1) is 28.5. The predicted octanol–water partition coefficient (Wildman–Crippen LogP) is 5.74. The van der Waals surface area contributed by atoms with E-state index in [1.54, 1.807) is 17.1 Å². The molecule has 0 spiro atoms. The van der Waals surface area contributed by atoms with Crippen LogP contribution < -0.4 is 30.3 Å². The van der Waals surface area contributed by atoms with E-state index in [4.69, 9.17) is 41.3 Å². The van der Waals surface area contributed by atoms with E-state index in [1.807, 2.05) is 72.8 Å². The maximum atomic E-state index is 11.7. The zero-order valence-corrected chi connectivity index (χ0v) is 25.0. The van der Waals surface area contributed by atoms with E-state index >= 15 is 0 Å². The lowest BCUT2D eigenvalue weighted by atomic mass is 9.98. The van der Waals surface area contributed by atoms with Crippen LogP contribution in [-0.4, -0.2) is 35.9 Å². The predicted molar refractivity (Wildman–Crippen MR) is 171 cm³/mol. The molecule has 4 aromatic carbocycles. The number of rotatable bonds is 8. The molecule has 1 aromatic heterocycles. The van der Waals surface area contributed by atoms with Gasteiger partial charge in [-0.05, 0) is 71.8 Å². The van der Waals surface area contributed by atoms with Crippen LogP contribution in [0.3, 0.4) is 0 Å². The fourth-order valence-electron chi connectivity index (χ4n) is 4.98. The highest BCUT2D eigenvalue weighted by Gasteiger charge is 2.33. The van der Waals surface area contributed by atoms with Gasteiger partial charge in [-0.1, -0.05) is 48.0 Å². The van der Waals surface area contributed by atoms with Crippen molar-refractivity contribution in [3.63, 3.8) is 0 Å². The Bertz CT molecular complexity index is 2010. The number of halogens is 1. The summed E-state index contributed by atoms with van der Waals surface area (Å²) < 4.78 is 34.7. The van der Waals surface area contributed by atoms with Gasteiger partial charge in [0.1, 0.15) is 0 Å². The lowest BCUT2D eigenvalue weighted by Gasteiger charge is -2.23. The normalized spacial score (nSPS) is 15.6. The molecule has 14 heteroatoms. The lowest BCUT2D eigenvalue weighted by molar-refractivity contribution is 0.174. The van der Waals surface area contributed by atoms with E-state index in [0.29, 0.717) is 28.6 Å². The minimum absolute atomic E-state index is 0.0106. The van der Waals surface area contributed by atoms with E-state index in [1.165, 1.54) is 12.1 Å². The average Bonchev–Trinajstić information content (AvgIpc) is 3.69. The summed E-state index contributed by atoms with van der Waals surface area (Å²) in [5.41, 5.74) is 3.98. The molecule has 0 bridgehead atoms. The summed E-state index contributed by atoms with van der Waals surface area (Å²) in [6, 6.07) is 28.5. The number of nitrogens with one attached hydrogen (secondary N) is 2. The molecule has 0 saturated heterocycles. The number of primary sulfonamides is 1. The van der Waals surface area contributed by atoms with Crippen LogP contribution in [0.4, 0.5) is 29.2 Å². The SMILES string of the molecule is NS(=O)(=O)c1ccc(Nc2nc(Nc3ccccc3)nc(N3N=C(c4ccc(Cl)cc4)CC3c3ccc4c(c3)OCO4)n2)cc1. The molecular weight excluding hydrogens is 616 g/mol. The molecule has 0 aliphatic carbocycles. The molecule has 2 aliphatic heterocycles. The number of benzene rings is 4. The Morgan fingerprint density at radius 1 is 0.800 bits per heavy atom. The van der Waals surface area contributed by atoms with Crippen molar-refractivity contribution in [2.75, 3.05) is 22.4 Å². The maximum absolute atomic E-state index is 11.7. The summed E-state index contributed by atoms with van der Waals surface area (Å²) in [5.74, 6) is 2.09. The number of hydrogen-bond acceptors (Lipinski definition) is 11. The van der Waals surface area contributed by atoms with Gasteiger partial charge in [0.2, 0.25) is 28.7 Å². The molecule has 0 fully saturated rings. The summed E-state index contributed by atoms with van der Waals surface area (Å²) in [5, 5.41) is 19.0. The third-order valence-electron chi connectivity index (χ3n) is 7.17. The molecule has 4 N–H and O–H groups in total. The first-order chi connectivity index (χ1) is 21.8. The second-order valence-electron chi connectivity index (χ2n) is 10.2. The molecule has 7 rings (SSSR count). The van der Waals surface area contributed by atoms with Gasteiger partial charge in [0.15, 0.2) is 11.5 Å². The number of para-hydroxylation sites is 1. The highest BCUT2D eigenvalue weighted by Crippen LogP contribution is 2.41. The fourth-order valence-corrected chi connectivity index (χ4v) is 5.62. The second-order valence-corrected chi connectivity index (χ2v) is 12.2. The Morgan fingerprint density at radius 3 is 2.16 bits per heavy atom. The second kappa shape index (κ2) is 11.7. The zero-order chi connectivity index (χ0) is 31.0. The summed E-state index contributed by atoms with van der Waals surface area (Å²) in [7, 11) is -3.84. The number of fused-ring (bicyclic) bond motifs is 1. The van der Waals surface area contributed by atoms with Gasteiger partial charge in [-0.25, -0.2) is 18.6 Å². The number of anilines is 5. The quantitative estimate of drug-likeness (QED) is 0.191. The smallest absolute Gasteiger partial charge is 0.253 e. The van der Waals surface area contributed by atoms with Crippen LogP contribution in [0.1, 0.15) is 23.6 Å². The van der Waals surface area contributed by atoms with Crippen LogP contribution in [0.25, 0.3) is 0 Å². The topological polar surface area (TPSA) is 157 Å². The van der Waals surface area contributed by atoms with E-state index in [2.05, 4.69) is 15.6 Å². The van der Waals surface area contributed by atoms with Gasteiger partial charge in [0.25, 0.3) is 5.95 Å². The van der Waals surface area contributed by atoms with Crippen LogP contribution in [-0.2, 0) is 10.0 Å². The van der Waals surface area contributed by atoms with Gasteiger partial charge in [-0.3, -0.25) is 0 Å². The maximum Gasteiger partial charge on any atom is 0.253 e. The highest BCUT2D eigenvalue weighted by molar-refractivity contribution is 7.89. The van der Waals surface area contributed by atoms with Crippen molar-refractivity contribution in [2.24, 2.45) is 10.2 Å². The number of aromatic nitrogens is 3. The van der Waals surface area contributed by atoms with Gasteiger partial charge in [0, 0.05) is 22.8 Å². The molecule has 3 heterocycles. The first-order valence-corrected chi connectivity index (χ1v) is 15.7. The molecule has 0 amide bonds. The fraction of sp³-hybridized carbons (Fsp3) is 0.0968. The third kappa shape index (κ3) is 6.22. The number of sulfonamides is 1. The largest absolute Gasteiger partial charge is 0.454 e. The molecule has 226 valence electrons. The molecule has 2 aliphatic rings. The van der Waals surface area contributed by atoms with Crippen molar-refractivity contribution in [1.82, 2.24) is 15.0 Å². The van der Waals surface area contributed by atoms with Crippen molar-refractivity contribution in [3.8, 4) is 11.5 Å². The Morgan fingerprint density at radius 2 is 1.47 bits per heavy atom. The Balaban J connectivity index is 1.30. The van der Waals surface area contributed by atoms with E-state index in [9.17, 15) is 8.42 Å². The van der Waals surface area contributed by atoms with E-state index in [0.717, 1.165) is 22.5 Å². The monoisotopic (exact) mass is 640 g/mol. The third-order valence-corrected chi connectivity index (χ3v) is 8.35. The van der Waals surface area contributed by atoms with Crippen molar-refractivity contribution >= 4 is 56.6 Å². The molecule has 45 heavy (non-hydrogen) atoms. The van der Waals surface area contributed by atoms with Crippen LogP contribution in [0.5, 0.6) is 11.5 Å². The first-order valence-electron chi connectivity index (χ1n) is 13.8. The Kier molecular flexibility index (Phi) is 7.41. The van der Waals surface area contributed by atoms with Gasteiger partial charge < -0.3 is 20.1 Å². The lowest BCUT2D eigenvalue weighted by Crippen LogP contribution is -2.22. The standard InChI is InChI=1S/C31H25ClN8O4S/c32-21-9-6-19(7-10-21)25-17-26(20-8-15-27-28(16-20)44-18-43-27)40(39-25)31-37-29(34-22-4-2-1-3-5-22)36-30(38-31)35-23-11-13-24(14-12-23)45(33,41)42/h1-16,26H,17-18H2,(H2,33,41,42)(H2,34,35,36,37,38). The van der Waals surface area contributed by atoms with Gasteiger partial charge in [-0.15, -0.1) is 0 Å². The summed E-state index contributed by atoms with van der Waals surface area (Å²) in [6.07, 6.45) is 0.548. The van der Waals surface area contributed by atoms with Gasteiger partial charge >= 0.3 is 0 Å². The van der Waals surface area contributed by atoms with E-state index in [-0.39, 0.29) is 35.6 Å². The number of hydrogen-bond donors (Lipinski definition) is 3. The average molecular weight is 641 g/mol. The van der Waals surface area contributed by atoms with Crippen LogP contribution >= 0.6 is 11.6 Å². The Labute approximate surface area is 263 Å². The molecule has 1 unspecified atom stereocenters. The van der Waals surface area contributed by atoms with Gasteiger partial charge in [0.05, 0.1) is 16.6 Å². The Hall–Kier alpha value is -5.24. The van der Waals surface area contributed by atoms with Gasteiger partial charge in [-0.2, -0.15) is 20.1 Å². The molecule has 0 radical (unpaired) electrons. The van der Waals surface area contributed by atoms with Crippen molar-refractivity contribution in [3.05, 3.63) is 113 Å². The minimum atomic E-state index is -3.84. The van der Waals surface area contributed by atoms with Crippen LogP contribution in [0.2, 0.25) is 5.02 Å². The summed E-state index contributed by atoms with van der Waals surface area (Å²) >= 11 is 6.17. The van der Waals surface area contributed by atoms with Crippen LogP contribution in [0.15, 0.2) is 107 Å². The van der Waals surface area contributed by atoms with Crippen molar-refractivity contribution < 1.29 is 17.9 Å². The number of nitrogens with two attached hydrogens (primary N) is 1. The van der Waals surface area contributed by atoms with Crippen LogP contribution in [0, 0.1) is 0 Å². The highest BCUT2D eigenvalue weighted by atomic mass is 35.5. The summed E-state index contributed by atoms with van der Waals surface area (Å²) in [6.45, 7) is 0.162. The molecule has 12 nitrogen and oxygen atoms in total.